The number of nitrogens with zero attached hydrogens (tertiary/aromatic N) is 3. The predicted octanol–water partition coefficient (Wildman–Crippen LogP) is 5.97. The van der Waals surface area contributed by atoms with Gasteiger partial charge < -0.3 is 4.90 Å². The van der Waals surface area contributed by atoms with Crippen molar-refractivity contribution in [2.24, 2.45) is 0 Å². The summed E-state index contributed by atoms with van der Waals surface area (Å²) in [6.07, 6.45) is 0. The van der Waals surface area contributed by atoms with Gasteiger partial charge >= 0.3 is 11.5 Å². The van der Waals surface area contributed by atoms with Gasteiger partial charge in [-0.05, 0) is 99.4 Å². The summed E-state index contributed by atoms with van der Waals surface area (Å²) < 4.78 is 38.7. The molecule has 5 nitrogen and oxygen atoms in total. The van der Waals surface area contributed by atoms with Crippen LogP contribution in [-0.2, 0) is 11.3 Å². The van der Waals surface area contributed by atoms with Crippen LogP contribution in [-0.4, -0.2) is 32.9 Å². The van der Waals surface area contributed by atoms with Crippen LogP contribution in [0.1, 0.15) is 19.4 Å². The molecule has 0 atom stereocenters. The molecule has 154 valence electrons. The number of hydrogen-bond donors (Lipinski definition) is 0. The van der Waals surface area contributed by atoms with Crippen LogP contribution in [0.2, 0.25) is 0 Å². The zero-order valence-corrected chi connectivity index (χ0v) is 19.1. The monoisotopic (exact) mass is 551 g/mol. The summed E-state index contributed by atoms with van der Waals surface area (Å²) in [5.74, 6) is -0.453. The van der Waals surface area contributed by atoms with E-state index < -0.39 is 23.0 Å². The van der Waals surface area contributed by atoms with Gasteiger partial charge in [0.1, 0.15) is 14.7 Å². The number of aromatic nitrogens is 1. The third-order valence-corrected chi connectivity index (χ3v) is 5.87. The second kappa shape index (κ2) is 7.92. The van der Waals surface area contributed by atoms with Crippen LogP contribution in [0.5, 0.6) is 0 Å². The summed E-state index contributed by atoms with van der Waals surface area (Å²) in [6, 6.07) is 8.09. The third kappa shape index (κ3) is 4.77. The minimum absolute atomic E-state index is 0.0250. The van der Waals surface area contributed by atoms with Crippen molar-refractivity contribution in [3.8, 4) is 0 Å². The quantitative estimate of drug-likeness (QED) is 0.266. The number of urea groups is 1. The maximum absolute atomic E-state index is 13.0. The molecule has 1 saturated heterocycles. The summed E-state index contributed by atoms with van der Waals surface area (Å²) in [5, 5.41) is 0. The van der Waals surface area contributed by atoms with Gasteiger partial charge in [-0.25, -0.2) is 14.7 Å². The Kier molecular flexibility index (Phi) is 6.03. The minimum Gasteiger partial charge on any atom is -0.305 e. The molecule has 1 aliphatic heterocycles. The maximum atomic E-state index is 13.0. The molecule has 11 heteroatoms. The van der Waals surface area contributed by atoms with E-state index in [1.54, 1.807) is 26.0 Å². The first-order valence-electron chi connectivity index (χ1n) is 8.22. The molecule has 0 unspecified atom stereocenters. The van der Waals surface area contributed by atoms with Crippen LogP contribution in [0.4, 0.5) is 23.7 Å². The number of hydrogen-bond acceptors (Lipinski definition) is 4. The molecule has 0 saturated carbocycles. The van der Waals surface area contributed by atoms with E-state index >= 15 is 0 Å². The number of amides is 3. The molecule has 1 aliphatic rings. The zero-order valence-electron chi connectivity index (χ0n) is 15.1. The molecule has 3 rings (SSSR count). The summed E-state index contributed by atoms with van der Waals surface area (Å²) >= 11 is 6.32. The highest BCUT2D eigenvalue weighted by molar-refractivity contribution is 9.11. The molecule has 3 amide bonds. The Morgan fingerprint density at radius 1 is 1.07 bits per heavy atom. The fraction of sp³-hybridized carbons (Fsp3) is 0.278. The lowest BCUT2D eigenvalue weighted by Crippen LogP contribution is -2.43. The molecular weight excluding hydrogens is 539 g/mol. The third-order valence-electron chi connectivity index (χ3n) is 4.32. The molecule has 0 aliphatic carbocycles. The van der Waals surface area contributed by atoms with Crippen molar-refractivity contribution in [3.63, 3.8) is 0 Å². The smallest absolute Gasteiger partial charge is 0.305 e. The average molecular weight is 553 g/mol. The molecule has 1 aromatic carbocycles. The van der Waals surface area contributed by atoms with E-state index in [-0.39, 0.29) is 28.9 Å². The Labute approximate surface area is 185 Å². The Morgan fingerprint density at radius 2 is 1.62 bits per heavy atom. The zero-order chi connectivity index (χ0) is 21.6. The number of carbonyl (C=O) groups is 2. The summed E-state index contributed by atoms with van der Waals surface area (Å²) in [5.41, 5.74) is -4.56. The Bertz CT molecular complexity index is 948. The van der Waals surface area contributed by atoms with Crippen LogP contribution in [0.3, 0.4) is 0 Å². The highest BCUT2D eigenvalue weighted by atomic mass is 79.9. The van der Waals surface area contributed by atoms with Gasteiger partial charge in [-0.2, -0.15) is 13.2 Å². The second-order valence-electron chi connectivity index (χ2n) is 6.73. The van der Waals surface area contributed by atoms with E-state index in [0.29, 0.717) is 9.21 Å². The first-order chi connectivity index (χ1) is 13.4. The number of benzene rings is 1. The largest absolute Gasteiger partial charge is 0.446 e. The van der Waals surface area contributed by atoms with Crippen molar-refractivity contribution in [1.82, 2.24) is 9.88 Å². The molecule has 0 radical (unpaired) electrons. The number of carbonyl (C=O) groups excluding carboxylic acids is 2. The number of pyridine rings is 1. The molecule has 0 bridgehead atoms. The van der Waals surface area contributed by atoms with Crippen LogP contribution < -0.4 is 4.90 Å². The lowest BCUT2D eigenvalue weighted by atomic mass is 10.0. The van der Waals surface area contributed by atoms with E-state index in [4.69, 9.17) is 0 Å². The van der Waals surface area contributed by atoms with Gasteiger partial charge in [0.2, 0.25) is 0 Å². The van der Waals surface area contributed by atoms with E-state index in [2.05, 4.69) is 36.8 Å². The van der Waals surface area contributed by atoms with Gasteiger partial charge in [0, 0.05) is 11.4 Å². The first kappa shape index (κ1) is 22.1. The van der Waals surface area contributed by atoms with Crippen molar-refractivity contribution >= 4 is 61.2 Å². The number of rotatable bonds is 4. The average Bonchev–Trinajstić information content (AvgIpc) is 2.74. The minimum atomic E-state index is -4.41. The molecule has 0 N–H and O–H groups in total. The summed E-state index contributed by atoms with van der Waals surface area (Å²) in [7, 11) is 0. The molecule has 2 heterocycles. The van der Waals surface area contributed by atoms with Gasteiger partial charge in [0.25, 0.3) is 5.91 Å². The Hall–Kier alpha value is -1.59. The van der Waals surface area contributed by atoms with E-state index in [1.165, 1.54) is 29.2 Å². The van der Waals surface area contributed by atoms with E-state index in [0.717, 1.165) is 10.5 Å². The summed E-state index contributed by atoms with van der Waals surface area (Å²) in [4.78, 5) is 32.5. The van der Waals surface area contributed by atoms with Gasteiger partial charge in [0.15, 0.2) is 0 Å². The molecular formula is C18H14Br2F3N3O2S. The number of halogens is 5. The van der Waals surface area contributed by atoms with Crippen molar-refractivity contribution in [2.45, 2.75) is 36.3 Å². The van der Waals surface area contributed by atoms with Crippen molar-refractivity contribution in [1.29, 1.82) is 0 Å². The second-order valence-corrected chi connectivity index (χ2v) is 9.49. The van der Waals surface area contributed by atoms with Gasteiger partial charge in [-0.3, -0.25) is 4.79 Å². The van der Waals surface area contributed by atoms with Crippen LogP contribution >= 0.6 is 43.6 Å². The first-order valence-corrected chi connectivity index (χ1v) is 10.6. The lowest BCUT2D eigenvalue weighted by molar-refractivity contribution is -0.123. The van der Waals surface area contributed by atoms with Crippen LogP contribution in [0, 0.1) is 0 Å². The standard InChI is InChI=1S/C18H14Br2F3N3O2S/c1-17(2)15(27)26(11-3-5-12(6-4-11)29-18(21,22)23)16(28)25(17)9-10-7-13(19)24-14(20)8-10/h3-8H,9H2,1-2H3. The lowest BCUT2D eigenvalue weighted by Gasteiger charge is -2.27. The normalized spacial score (nSPS) is 16.7. The number of anilines is 1. The highest BCUT2D eigenvalue weighted by Crippen LogP contribution is 2.39. The number of thioether (sulfide) groups is 1. The van der Waals surface area contributed by atoms with E-state index in [9.17, 15) is 22.8 Å². The van der Waals surface area contributed by atoms with Gasteiger partial charge in [-0.1, -0.05) is 0 Å². The van der Waals surface area contributed by atoms with Crippen LogP contribution in [0.25, 0.3) is 0 Å². The van der Waals surface area contributed by atoms with Crippen molar-refractivity contribution < 1.29 is 22.8 Å². The Balaban J connectivity index is 1.88. The fourth-order valence-corrected chi connectivity index (χ4v) is 4.66. The topological polar surface area (TPSA) is 53.5 Å². The SMILES string of the molecule is CC1(C)C(=O)N(c2ccc(SC(F)(F)F)cc2)C(=O)N1Cc1cc(Br)nc(Br)c1. The van der Waals surface area contributed by atoms with E-state index in [1.807, 2.05) is 0 Å². The number of alkyl halides is 3. The van der Waals surface area contributed by atoms with Crippen molar-refractivity contribution in [3.05, 3.63) is 51.2 Å². The molecule has 0 spiro atoms. The van der Waals surface area contributed by atoms with Gasteiger partial charge in [0.05, 0.1) is 5.69 Å². The molecule has 29 heavy (non-hydrogen) atoms. The van der Waals surface area contributed by atoms with Gasteiger partial charge in [-0.15, -0.1) is 0 Å². The highest BCUT2D eigenvalue weighted by Gasteiger charge is 2.51. The maximum Gasteiger partial charge on any atom is 0.446 e. The molecule has 2 aromatic rings. The summed E-state index contributed by atoms with van der Waals surface area (Å²) in [6.45, 7) is 3.43. The molecule has 1 fully saturated rings. The van der Waals surface area contributed by atoms with Crippen molar-refractivity contribution in [2.75, 3.05) is 4.90 Å². The fourth-order valence-electron chi connectivity index (χ4n) is 2.91. The molecule has 1 aromatic heterocycles. The van der Waals surface area contributed by atoms with Crippen LogP contribution in [0.15, 0.2) is 50.5 Å². The Morgan fingerprint density at radius 3 is 2.14 bits per heavy atom. The predicted molar refractivity (Wildman–Crippen MR) is 110 cm³/mol. The number of imide groups is 1.